The van der Waals surface area contributed by atoms with Crippen LogP contribution < -0.4 is 16.0 Å². The van der Waals surface area contributed by atoms with E-state index in [1.807, 2.05) is 35.7 Å². The van der Waals surface area contributed by atoms with Crippen LogP contribution in [0.3, 0.4) is 0 Å². The van der Waals surface area contributed by atoms with Gasteiger partial charge >= 0.3 is 6.09 Å². The second kappa shape index (κ2) is 11.4. The maximum Gasteiger partial charge on any atom is 0.413 e. The average molecular weight is 483 g/mol. The van der Waals surface area contributed by atoms with Crippen LogP contribution >= 0.6 is 23.1 Å². The molecule has 0 radical (unpaired) electrons. The molecule has 1 aromatic carbocycles. The summed E-state index contributed by atoms with van der Waals surface area (Å²) in [4.78, 5) is 37.6. The Hall–Kier alpha value is -3.55. The van der Waals surface area contributed by atoms with E-state index in [1.165, 1.54) is 11.3 Å². The van der Waals surface area contributed by atoms with E-state index < -0.39 is 17.9 Å². The number of para-hydroxylation sites is 1. The van der Waals surface area contributed by atoms with Crippen molar-refractivity contribution >= 4 is 46.7 Å². The second-order valence-electron chi connectivity index (χ2n) is 6.84. The van der Waals surface area contributed by atoms with E-state index in [0.717, 1.165) is 16.6 Å². The number of carbonyl (C=O) groups excluding carboxylic acids is 3. The molecule has 1 aromatic heterocycles. The molecule has 170 valence electrons. The molecule has 0 saturated heterocycles. The SMILES string of the molecule is CCOC(=O)NC(=O)CSC1=C(C#N)[C@H](c2cccs2)C(C(=O)Nc2ccccc2)=C(C)N1. The quantitative estimate of drug-likeness (QED) is 0.544. The summed E-state index contributed by atoms with van der Waals surface area (Å²) >= 11 is 2.53. The third-order valence-electron chi connectivity index (χ3n) is 4.62. The van der Waals surface area contributed by atoms with Gasteiger partial charge < -0.3 is 15.4 Å². The number of thioether (sulfide) groups is 1. The van der Waals surface area contributed by atoms with Gasteiger partial charge in [-0.3, -0.25) is 14.9 Å². The zero-order valence-electron chi connectivity index (χ0n) is 18.0. The predicted octanol–water partition coefficient (Wildman–Crippen LogP) is 4.09. The molecule has 1 aliphatic rings. The number of anilines is 1. The highest BCUT2D eigenvalue weighted by atomic mass is 32.2. The lowest BCUT2D eigenvalue weighted by atomic mass is 9.86. The standard InChI is InChI=1S/C23H22N4O4S2/c1-3-31-23(30)27-18(28)13-33-22-16(12-24)20(17-10-7-11-32-17)19(14(2)25-22)21(29)26-15-8-5-4-6-9-15/h4-11,20,25H,3,13H2,1-2H3,(H,26,29)(H,27,28,30)/t20-/m1/s1. The van der Waals surface area contributed by atoms with Crippen LogP contribution in [0.25, 0.3) is 0 Å². The first-order valence-corrected chi connectivity index (χ1v) is 11.9. The molecule has 0 saturated carbocycles. The molecule has 33 heavy (non-hydrogen) atoms. The van der Waals surface area contributed by atoms with Crippen LogP contribution in [0.5, 0.6) is 0 Å². The molecular formula is C23H22N4O4S2. The van der Waals surface area contributed by atoms with Gasteiger partial charge in [-0.2, -0.15) is 5.26 Å². The van der Waals surface area contributed by atoms with Crippen LogP contribution in [0.15, 0.2) is 69.7 Å². The number of hydrogen-bond donors (Lipinski definition) is 3. The Balaban J connectivity index is 1.87. The van der Waals surface area contributed by atoms with Gasteiger partial charge in [-0.05, 0) is 37.4 Å². The van der Waals surface area contributed by atoms with Gasteiger partial charge in [0.05, 0.1) is 34.9 Å². The number of benzene rings is 1. The lowest BCUT2D eigenvalue weighted by molar-refractivity contribution is -0.118. The monoisotopic (exact) mass is 482 g/mol. The maximum absolute atomic E-state index is 13.2. The van der Waals surface area contributed by atoms with Crippen molar-refractivity contribution in [2.24, 2.45) is 0 Å². The molecule has 0 fully saturated rings. The van der Waals surface area contributed by atoms with E-state index >= 15 is 0 Å². The van der Waals surface area contributed by atoms with E-state index in [4.69, 9.17) is 4.74 Å². The summed E-state index contributed by atoms with van der Waals surface area (Å²) in [5.41, 5.74) is 1.98. The second-order valence-corrected chi connectivity index (χ2v) is 8.81. The number of imide groups is 1. The summed E-state index contributed by atoms with van der Waals surface area (Å²) in [5.74, 6) is -1.56. The molecular weight excluding hydrogens is 460 g/mol. The van der Waals surface area contributed by atoms with Gasteiger partial charge in [0.2, 0.25) is 5.91 Å². The number of dihydropyridines is 1. The summed E-state index contributed by atoms with van der Waals surface area (Å²) < 4.78 is 4.71. The fourth-order valence-corrected chi connectivity index (χ4v) is 4.98. The molecule has 3 rings (SSSR count). The predicted molar refractivity (Wildman–Crippen MR) is 128 cm³/mol. The van der Waals surface area contributed by atoms with Crippen molar-refractivity contribution in [1.82, 2.24) is 10.6 Å². The number of nitrogens with one attached hydrogen (secondary N) is 3. The minimum absolute atomic E-state index is 0.109. The zero-order chi connectivity index (χ0) is 23.8. The number of rotatable bonds is 7. The van der Waals surface area contributed by atoms with Gasteiger partial charge in [0.25, 0.3) is 5.91 Å². The Kier molecular flexibility index (Phi) is 8.29. The van der Waals surface area contributed by atoms with Crippen molar-refractivity contribution < 1.29 is 19.1 Å². The number of nitrogens with zero attached hydrogens (tertiary/aromatic N) is 1. The van der Waals surface area contributed by atoms with E-state index in [2.05, 4.69) is 22.0 Å². The first kappa shape index (κ1) is 24.1. The largest absolute Gasteiger partial charge is 0.450 e. The van der Waals surface area contributed by atoms with Crippen molar-refractivity contribution in [2.75, 3.05) is 17.7 Å². The molecule has 2 aromatic rings. The fraction of sp³-hybridized carbons (Fsp3) is 0.217. The number of amides is 3. The lowest BCUT2D eigenvalue weighted by Gasteiger charge is -2.29. The minimum atomic E-state index is -0.818. The lowest BCUT2D eigenvalue weighted by Crippen LogP contribution is -2.33. The normalized spacial score (nSPS) is 15.4. The molecule has 10 heteroatoms. The minimum Gasteiger partial charge on any atom is -0.450 e. The molecule has 1 atom stereocenters. The number of thiophene rings is 1. The number of hydrogen-bond acceptors (Lipinski definition) is 8. The highest BCUT2D eigenvalue weighted by Crippen LogP contribution is 2.42. The summed E-state index contributed by atoms with van der Waals surface area (Å²) in [6, 6.07) is 15.0. The smallest absolute Gasteiger partial charge is 0.413 e. The summed E-state index contributed by atoms with van der Waals surface area (Å²) in [6.07, 6.45) is -0.818. The Morgan fingerprint density at radius 3 is 2.61 bits per heavy atom. The third kappa shape index (κ3) is 6.03. The van der Waals surface area contributed by atoms with Crippen molar-refractivity contribution in [1.29, 1.82) is 5.26 Å². The highest BCUT2D eigenvalue weighted by molar-refractivity contribution is 8.03. The average Bonchev–Trinajstić information content (AvgIpc) is 3.32. The van der Waals surface area contributed by atoms with Crippen molar-refractivity contribution in [3.8, 4) is 6.07 Å². The summed E-state index contributed by atoms with van der Waals surface area (Å²) in [5, 5.41) is 20.5. The zero-order valence-corrected chi connectivity index (χ0v) is 19.6. The van der Waals surface area contributed by atoms with Crippen LogP contribution in [0.1, 0.15) is 24.6 Å². The fourth-order valence-electron chi connectivity index (χ4n) is 3.24. The molecule has 2 heterocycles. The molecule has 0 unspecified atom stereocenters. The molecule has 3 amide bonds. The van der Waals surface area contributed by atoms with Gasteiger partial charge in [-0.15, -0.1) is 11.3 Å². The molecule has 3 N–H and O–H groups in total. The first-order chi connectivity index (χ1) is 15.9. The Bertz CT molecular complexity index is 1130. The molecule has 0 aliphatic carbocycles. The van der Waals surface area contributed by atoms with Gasteiger partial charge in [-0.25, -0.2) is 4.79 Å². The number of ether oxygens (including phenoxy) is 1. The summed E-state index contributed by atoms with van der Waals surface area (Å²) in [7, 11) is 0. The van der Waals surface area contributed by atoms with Crippen LogP contribution in [0, 0.1) is 11.3 Å². The van der Waals surface area contributed by atoms with Crippen molar-refractivity contribution in [3.63, 3.8) is 0 Å². The van der Waals surface area contributed by atoms with Crippen LogP contribution in [0.4, 0.5) is 10.5 Å². The molecule has 1 aliphatic heterocycles. The summed E-state index contributed by atoms with van der Waals surface area (Å²) in [6.45, 7) is 3.55. The van der Waals surface area contributed by atoms with Gasteiger partial charge in [0.1, 0.15) is 0 Å². The van der Waals surface area contributed by atoms with Gasteiger partial charge in [0, 0.05) is 21.8 Å². The van der Waals surface area contributed by atoms with E-state index in [1.54, 1.807) is 26.0 Å². The highest BCUT2D eigenvalue weighted by Gasteiger charge is 2.35. The van der Waals surface area contributed by atoms with Crippen LogP contribution in [-0.4, -0.2) is 30.3 Å². The topological polar surface area (TPSA) is 120 Å². The van der Waals surface area contributed by atoms with Crippen molar-refractivity contribution in [2.45, 2.75) is 19.8 Å². The Morgan fingerprint density at radius 1 is 1.21 bits per heavy atom. The number of nitriles is 1. The van der Waals surface area contributed by atoms with E-state index in [0.29, 0.717) is 27.6 Å². The van der Waals surface area contributed by atoms with E-state index in [9.17, 15) is 19.6 Å². The molecule has 8 nitrogen and oxygen atoms in total. The number of carbonyl (C=O) groups is 3. The van der Waals surface area contributed by atoms with Crippen LogP contribution in [-0.2, 0) is 14.3 Å². The Labute approximate surface area is 199 Å². The van der Waals surface area contributed by atoms with Crippen molar-refractivity contribution in [3.05, 3.63) is 74.6 Å². The third-order valence-corrected chi connectivity index (χ3v) is 6.57. The number of alkyl carbamates (subject to hydrolysis) is 1. The first-order valence-electron chi connectivity index (χ1n) is 10.1. The van der Waals surface area contributed by atoms with Gasteiger partial charge in [0.15, 0.2) is 0 Å². The number of allylic oxidation sites excluding steroid dienone is 2. The van der Waals surface area contributed by atoms with E-state index in [-0.39, 0.29) is 18.3 Å². The maximum atomic E-state index is 13.2. The Morgan fingerprint density at radius 2 is 1.97 bits per heavy atom. The van der Waals surface area contributed by atoms with Crippen LogP contribution in [0.2, 0.25) is 0 Å². The molecule has 0 bridgehead atoms. The van der Waals surface area contributed by atoms with Gasteiger partial charge in [-0.1, -0.05) is 36.0 Å². The molecule has 0 spiro atoms.